The van der Waals surface area contributed by atoms with Crippen LogP contribution in [0.1, 0.15) is 18.4 Å². The van der Waals surface area contributed by atoms with Crippen molar-refractivity contribution in [2.75, 3.05) is 6.54 Å². The molecule has 16 heavy (non-hydrogen) atoms. The second-order valence-electron chi connectivity index (χ2n) is 4.33. The highest BCUT2D eigenvalue weighted by Crippen LogP contribution is 2.25. The predicted octanol–water partition coefficient (Wildman–Crippen LogP) is 0.511. The molecule has 0 unspecified atom stereocenters. The van der Waals surface area contributed by atoms with Crippen molar-refractivity contribution < 1.29 is 9.90 Å². The molecule has 1 aromatic rings. The fraction of sp³-hybridized carbons (Fsp3) is 0.500. The lowest BCUT2D eigenvalue weighted by Gasteiger charge is -2.31. The third-order valence-electron chi connectivity index (χ3n) is 2.91. The summed E-state index contributed by atoms with van der Waals surface area (Å²) >= 11 is 0. The minimum absolute atomic E-state index is 0.0348. The van der Waals surface area contributed by atoms with Gasteiger partial charge in [-0.05, 0) is 36.5 Å². The van der Waals surface area contributed by atoms with Crippen LogP contribution in [0.5, 0.6) is 0 Å². The lowest BCUT2D eigenvalue weighted by atomic mass is 9.82. The number of aromatic nitrogens is 1. The molecule has 2 rings (SSSR count). The minimum atomic E-state index is -0.151. The molecule has 0 bridgehead atoms. The van der Waals surface area contributed by atoms with Crippen LogP contribution in [0.3, 0.4) is 0 Å². The Morgan fingerprint density at radius 3 is 2.75 bits per heavy atom. The van der Waals surface area contributed by atoms with Crippen molar-refractivity contribution in [3.63, 3.8) is 0 Å². The van der Waals surface area contributed by atoms with Crippen molar-refractivity contribution in [1.82, 2.24) is 10.3 Å². The smallest absolute Gasteiger partial charge is 0.224 e. The SMILES string of the molecule is O=C(Cc1ccncc1)NCC1CC(O)C1. The van der Waals surface area contributed by atoms with Gasteiger partial charge in [0.2, 0.25) is 5.91 Å². The molecule has 0 aliphatic heterocycles. The number of pyridine rings is 1. The quantitative estimate of drug-likeness (QED) is 0.777. The highest BCUT2D eigenvalue weighted by Gasteiger charge is 2.26. The molecule has 1 amide bonds. The number of hydrogen-bond donors (Lipinski definition) is 2. The van der Waals surface area contributed by atoms with Crippen LogP contribution in [0.25, 0.3) is 0 Å². The predicted molar refractivity (Wildman–Crippen MR) is 59.7 cm³/mol. The second-order valence-corrected chi connectivity index (χ2v) is 4.33. The van der Waals surface area contributed by atoms with Gasteiger partial charge < -0.3 is 10.4 Å². The van der Waals surface area contributed by atoms with E-state index in [0.29, 0.717) is 18.9 Å². The maximum atomic E-state index is 11.5. The van der Waals surface area contributed by atoms with Gasteiger partial charge in [-0.25, -0.2) is 0 Å². The molecule has 0 radical (unpaired) electrons. The number of rotatable bonds is 4. The van der Waals surface area contributed by atoms with Crippen molar-refractivity contribution in [2.24, 2.45) is 5.92 Å². The van der Waals surface area contributed by atoms with Crippen LogP contribution in [0, 0.1) is 5.92 Å². The maximum absolute atomic E-state index is 11.5. The molecule has 86 valence electrons. The van der Waals surface area contributed by atoms with Crippen LogP contribution in [0.15, 0.2) is 24.5 Å². The molecule has 0 saturated heterocycles. The Hall–Kier alpha value is -1.42. The first-order chi connectivity index (χ1) is 7.74. The normalized spacial score (nSPS) is 23.6. The number of hydrogen-bond acceptors (Lipinski definition) is 3. The van der Waals surface area contributed by atoms with Crippen LogP contribution in [-0.4, -0.2) is 28.6 Å². The number of aliphatic hydroxyl groups is 1. The summed E-state index contributed by atoms with van der Waals surface area (Å²) in [6, 6.07) is 3.68. The van der Waals surface area contributed by atoms with Crippen molar-refractivity contribution in [1.29, 1.82) is 0 Å². The van der Waals surface area contributed by atoms with E-state index in [1.54, 1.807) is 12.4 Å². The Labute approximate surface area is 94.7 Å². The van der Waals surface area contributed by atoms with Crippen molar-refractivity contribution in [3.05, 3.63) is 30.1 Å². The first-order valence-electron chi connectivity index (χ1n) is 5.57. The second kappa shape index (κ2) is 5.07. The van der Waals surface area contributed by atoms with Crippen LogP contribution in [-0.2, 0) is 11.2 Å². The van der Waals surface area contributed by atoms with Gasteiger partial charge in [0.05, 0.1) is 12.5 Å². The van der Waals surface area contributed by atoms with E-state index in [1.807, 2.05) is 12.1 Å². The van der Waals surface area contributed by atoms with E-state index in [1.165, 1.54) is 0 Å². The van der Waals surface area contributed by atoms with Gasteiger partial charge in [-0.15, -0.1) is 0 Å². The van der Waals surface area contributed by atoms with Gasteiger partial charge in [0.15, 0.2) is 0 Å². The van der Waals surface area contributed by atoms with E-state index in [9.17, 15) is 4.79 Å². The van der Waals surface area contributed by atoms with E-state index < -0.39 is 0 Å². The molecule has 4 nitrogen and oxygen atoms in total. The lowest BCUT2D eigenvalue weighted by molar-refractivity contribution is -0.121. The van der Waals surface area contributed by atoms with Crippen molar-refractivity contribution >= 4 is 5.91 Å². The molecule has 0 atom stereocenters. The van der Waals surface area contributed by atoms with Gasteiger partial charge in [-0.1, -0.05) is 0 Å². The van der Waals surface area contributed by atoms with Crippen LogP contribution >= 0.6 is 0 Å². The molecular weight excluding hydrogens is 204 g/mol. The molecule has 1 heterocycles. The fourth-order valence-electron chi connectivity index (χ4n) is 1.87. The van der Waals surface area contributed by atoms with Crippen LogP contribution in [0.4, 0.5) is 0 Å². The Morgan fingerprint density at radius 1 is 1.44 bits per heavy atom. The van der Waals surface area contributed by atoms with Gasteiger partial charge in [-0.2, -0.15) is 0 Å². The first-order valence-corrected chi connectivity index (χ1v) is 5.57. The molecule has 1 aliphatic carbocycles. The highest BCUT2D eigenvalue weighted by molar-refractivity contribution is 5.78. The average Bonchev–Trinajstić information content (AvgIpc) is 2.24. The monoisotopic (exact) mass is 220 g/mol. The number of carbonyl (C=O) groups is 1. The highest BCUT2D eigenvalue weighted by atomic mass is 16.3. The minimum Gasteiger partial charge on any atom is -0.393 e. The van der Waals surface area contributed by atoms with Gasteiger partial charge in [0.25, 0.3) is 0 Å². The summed E-state index contributed by atoms with van der Waals surface area (Å²) in [5.74, 6) is 0.490. The summed E-state index contributed by atoms with van der Waals surface area (Å²) in [6.07, 6.45) is 5.25. The standard InChI is InChI=1S/C12H16N2O2/c15-11-5-10(6-11)8-14-12(16)7-9-1-3-13-4-2-9/h1-4,10-11,15H,5-8H2,(H,14,16). The largest absolute Gasteiger partial charge is 0.393 e. The summed E-state index contributed by atoms with van der Waals surface area (Å²) in [7, 11) is 0. The summed E-state index contributed by atoms with van der Waals surface area (Å²) < 4.78 is 0. The summed E-state index contributed by atoms with van der Waals surface area (Å²) in [6.45, 7) is 0.682. The number of nitrogens with zero attached hydrogens (tertiary/aromatic N) is 1. The van der Waals surface area contributed by atoms with Crippen molar-refractivity contribution in [3.8, 4) is 0 Å². The summed E-state index contributed by atoms with van der Waals surface area (Å²) in [4.78, 5) is 15.4. The van der Waals surface area contributed by atoms with E-state index in [2.05, 4.69) is 10.3 Å². The molecular formula is C12H16N2O2. The van der Waals surface area contributed by atoms with Gasteiger partial charge >= 0.3 is 0 Å². The zero-order chi connectivity index (χ0) is 11.4. The van der Waals surface area contributed by atoms with Crippen LogP contribution in [0.2, 0.25) is 0 Å². The van der Waals surface area contributed by atoms with Gasteiger partial charge in [0.1, 0.15) is 0 Å². The topological polar surface area (TPSA) is 62.2 Å². The zero-order valence-corrected chi connectivity index (χ0v) is 9.10. The molecule has 1 saturated carbocycles. The maximum Gasteiger partial charge on any atom is 0.224 e. The molecule has 1 aromatic heterocycles. The fourth-order valence-corrected chi connectivity index (χ4v) is 1.87. The molecule has 1 fully saturated rings. The summed E-state index contributed by atoms with van der Waals surface area (Å²) in [5, 5.41) is 12.0. The Bertz CT molecular complexity index is 347. The average molecular weight is 220 g/mol. The number of carbonyl (C=O) groups excluding carboxylic acids is 1. The van der Waals surface area contributed by atoms with Gasteiger partial charge in [0, 0.05) is 18.9 Å². The van der Waals surface area contributed by atoms with E-state index >= 15 is 0 Å². The lowest BCUT2D eigenvalue weighted by Crippen LogP contribution is -2.38. The molecule has 2 N–H and O–H groups in total. The Balaban J connectivity index is 1.69. The van der Waals surface area contributed by atoms with E-state index in [-0.39, 0.29) is 12.0 Å². The Morgan fingerprint density at radius 2 is 2.12 bits per heavy atom. The first kappa shape index (κ1) is 11.1. The van der Waals surface area contributed by atoms with Gasteiger partial charge in [-0.3, -0.25) is 9.78 Å². The number of nitrogens with one attached hydrogen (secondary N) is 1. The third kappa shape index (κ3) is 3.03. The number of aliphatic hydroxyl groups excluding tert-OH is 1. The van der Waals surface area contributed by atoms with Crippen molar-refractivity contribution in [2.45, 2.75) is 25.4 Å². The number of amides is 1. The van der Waals surface area contributed by atoms with E-state index in [4.69, 9.17) is 5.11 Å². The zero-order valence-electron chi connectivity index (χ0n) is 9.10. The third-order valence-corrected chi connectivity index (χ3v) is 2.91. The summed E-state index contributed by atoms with van der Waals surface area (Å²) in [5.41, 5.74) is 0.973. The molecule has 0 spiro atoms. The molecule has 0 aromatic carbocycles. The van der Waals surface area contributed by atoms with E-state index in [0.717, 1.165) is 18.4 Å². The molecule has 1 aliphatic rings. The van der Waals surface area contributed by atoms with Crippen LogP contribution < -0.4 is 5.32 Å². The Kier molecular flexibility index (Phi) is 3.51. The molecule has 4 heteroatoms.